The summed E-state index contributed by atoms with van der Waals surface area (Å²) in [5.41, 5.74) is 1.45. The van der Waals surface area contributed by atoms with Gasteiger partial charge in [0, 0.05) is 12.7 Å². The van der Waals surface area contributed by atoms with Gasteiger partial charge in [0.2, 0.25) is 18.4 Å². The summed E-state index contributed by atoms with van der Waals surface area (Å²) in [5, 5.41) is 17.6. The Bertz CT molecular complexity index is 1040. The minimum Gasteiger partial charge on any atom is -0.454 e. The zero-order valence-corrected chi connectivity index (χ0v) is 14.9. The first-order valence-electron chi connectivity index (χ1n) is 8.42. The van der Waals surface area contributed by atoms with Crippen molar-refractivity contribution in [3.05, 3.63) is 64.1 Å². The second-order valence-corrected chi connectivity index (χ2v) is 6.01. The molecule has 3 heterocycles. The minimum atomic E-state index is -0.525. The predicted molar refractivity (Wildman–Crippen MR) is 101 cm³/mol. The summed E-state index contributed by atoms with van der Waals surface area (Å²) in [5.74, 6) is 1.98. The van der Waals surface area contributed by atoms with Gasteiger partial charge in [-0.1, -0.05) is 12.1 Å². The Morgan fingerprint density at radius 3 is 2.75 bits per heavy atom. The van der Waals surface area contributed by atoms with Crippen LogP contribution in [0, 0.1) is 17.0 Å². The molecular formula is C18H16N6O4. The van der Waals surface area contributed by atoms with E-state index in [1.165, 1.54) is 6.33 Å². The van der Waals surface area contributed by atoms with Crippen molar-refractivity contribution in [3.8, 4) is 11.5 Å². The van der Waals surface area contributed by atoms with Crippen molar-refractivity contribution in [2.75, 3.05) is 17.4 Å². The van der Waals surface area contributed by atoms with E-state index in [1.807, 2.05) is 25.1 Å². The number of aryl methyl sites for hydroxylation is 1. The Kier molecular flexibility index (Phi) is 4.58. The van der Waals surface area contributed by atoms with E-state index in [2.05, 4.69) is 25.6 Å². The van der Waals surface area contributed by atoms with Crippen molar-refractivity contribution in [3.63, 3.8) is 0 Å². The molecular weight excluding hydrogens is 364 g/mol. The molecule has 0 spiro atoms. The number of nitrogens with zero attached hydrogens (tertiary/aromatic N) is 4. The van der Waals surface area contributed by atoms with Gasteiger partial charge in [0.05, 0.1) is 4.92 Å². The molecule has 0 atom stereocenters. The van der Waals surface area contributed by atoms with Crippen LogP contribution in [0.1, 0.15) is 11.1 Å². The Hall–Kier alpha value is -3.95. The third-order valence-electron chi connectivity index (χ3n) is 4.15. The maximum Gasteiger partial charge on any atom is 0.353 e. The second kappa shape index (κ2) is 7.35. The maximum absolute atomic E-state index is 11.7. The highest BCUT2D eigenvalue weighted by Crippen LogP contribution is 2.34. The van der Waals surface area contributed by atoms with Gasteiger partial charge in [-0.15, -0.1) is 0 Å². The monoisotopic (exact) mass is 380 g/mol. The summed E-state index contributed by atoms with van der Waals surface area (Å²) in [6.07, 6.45) is 2.86. The van der Waals surface area contributed by atoms with Gasteiger partial charge in [-0.05, 0) is 36.2 Å². The van der Waals surface area contributed by atoms with Gasteiger partial charge in [0.1, 0.15) is 12.1 Å². The Labute approximate surface area is 159 Å². The number of nitro groups is 1. The first-order valence-corrected chi connectivity index (χ1v) is 8.42. The Morgan fingerprint density at radius 2 is 1.93 bits per heavy atom. The molecule has 28 heavy (non-hydrogen) atoms. The van der Waals surface area contributed by atoms with Crippen molar-refractivity contribution in [1.82, 2.24) is 15.0 Å². The molecule has 3 aromatic rings. The van der Waals surface area contributed by atoms with Crippen LogP contribution >= 0.6 is 0 Å². The maximum atomic E-state index is 11.7. The molecule has 0 bridgehead atoms. The number of fused-ring (bicyclic) bond motifs is 1. The molecule has 10 heteroatoms. The van der Waals surface area contributed by atoms with E-state index in [9.17, 15) is 10.1 Å². The standard InChI is InChI=1S/C18H16N6O4/c1-11-3-2-6-19-16(11)23-18-15(24(25)26)17(21-9-22-18)20-8-12-4-5-13-14(7-12)28-10-27-13/h2-7,9H,8,10H2,1H3,(H2,19,20,21,22,23). The molecule has 4 rings (SSSR count). The van der Waals surface area contributed by atoms with E-state index in [-0.39, 0.29) is 24.1 Å². The number of anilines is 3. The van der Waals surface area contributed by atoms with Gasteiger partial charge < -0.3 is 20.1 Å². The fraction of sp³-hybridized carbons (Fsp3) is 0.167. The van der Waals surface area contributed by atoms with E-state index in [1.54, 1.807) is 18.3 Å². The van der Waals surface area contributed by atoms with Crippen molar-refractivity contribution in [1.29, 1.82) is 0 Å². The van der Waals surface area contributed by atoms with Gasteiger partial charge in [-0.3, -0.25) is 10.1 Å². The third kappa shape index (κ3) is 3.47. The zero-order chi connectivity index (χ0) is 19.5. The number of aromatic nitrogens is 3. The third-order valence-corrected chi connectivity index (χ3v) is 4.15. The molecule has 10 nitrogen and oxygen atoms in total. The molecule has 0 amide bonds. The van der Waals surface area contributed by atoms with Crippen molar-refractivity contribution >= 4 is 23.1 Å². The molecule has 1 aliphatic rings. The molecule has 0 fully saturated rings. The largest absolute Gasteiger partial charge is 0.454 e. The normalized spacial score (nSPS) is 11.9. The smallest absolute Gasteiger partial charge is 0.353 e. The number of hydrogen-bond donors (Lipinski definition) is 2. The van der Waals surface area contributed by atoms with Crippen LogP contribution in [0.15, 0.2) is 42.9 Å². The van der Waals surface area contributed by atoms with Gasteiger partial charge in [-0.25, -0.2) is 15.0 Å². The Morgan fingerprint density at radius 1 is 1.11 bits per heavy atom. The van der Waals surface area contributed by atoms with Crippen LogP contribution in [0.25, 0.3) is 0 Å². The highest BCUT2D eigenvalue weighted by molar-refractivity contribution is 5.73. The number of rotatable bonds is 6. The average molecular weight is 380 g/mol. The molecule has 2 aromatic heterocycles. The molecule has 0 saturated carbocycles. The van der Waals surface area contributed by atoms with Gasteiger partial charge in [-0.2, -0.15) is 0 Å². The van der Waals surface area contributed by atoms with Gasteiger partial charge >= 0.3 is 5.69 Å². The summed E-state index contributed by atoms with van der Waals surface area (Å²) < 4.78 is 10.6. The van der Waals surface area contributed by atoms with Crippen LogP contribution in [-0.4, -0.2) is 26.7 Å². The molecule has 1 aliphatic heterocycles. The van der Waals surface area contributed by atoms with Crippen LogP contribution in [0.2, 0.25) is 0 Å². The van der Waals surface area contributed by atoms with Crippen molar-refractivity contribution in [2.45, 2.75) is 13.5 Å². The van der Waals surface area contributed by atoms with Crippen molar-refractivity contribution in [2.24, 2.45) is 0 Å². The second-order valence-electron chi connectivity index (χ2n) is 6.01. The SMILES string of the molecule is Cc1cccnc1Nc1ncnc(NCc2ccc3c(c2)OCO3)c1[N+](=O)[O-]. The van der Waals surface area contributed by atoms with Gasteiger partial charge in [0.15, 0.2) is 11.5 Å². The molecule has 2 N–H and O–H groups in total. The summed E-state index contributed by atoms with van der Waals surface area (Å²) in [6, 6.07) is 9.10. The summed E-state index contributed by atoms with van der Waals surface area (Å²) in [4.78, 5) is 23.4. The lowest BCUT2D eigenvalue weighted by Crippen LogP contribution is -2.09. The highest BCUT2D eigenvalue weighted by atomic mass is 16.7. The van der Waals surface area contributed by atoms with Crippen LogP contribution in [0.4, 0.5) is 23.1 Å². The highest BCUT2D eigenvalue weighted by Gasteiger charge is 2.24. The average Bonchev–Trinajstić information content (AvgIpc) is 3.16. The summed E-state index contributed by atoms with van der Waals surface area (Å²) in [6.45, 7) is 2.35. The first-order chi connectivity index (χ1) is 13.6. The van der Waals surface area contributed by atoms with E-state index in [0.29, 0.717) is 23.9 Å². The molecule has 1 aromatic carbocycles. The molecule has 0 saturated heterocycles. The molecule has 0 radical (unpaired) electrons. The molecule has 142 valence electrons. The van der Waals surface area contributed by atoms with E-state index < -0.39 is 4.92 Å². The minimum absolute atomic E-state index is 0.0648. The van der Waals surface area contributed by atoms with E-state index in [4.69, 9.17) is 9.47 Å². The molecule has 0 aliphatic carbocycles. The van der Waals surface area contributed by atoms with E-state index >= 15 is 0 Å². The predicted octanol–water partition coefficient (Wildman–Crippen LogP) is 3.17. The lowest BCUT2D eigenvalue weighted by molar-refractivity contribution is -0.383. The zero-order valence-electron chi connectivity index (χ0n) is 14.9. The van der Waals surface area contributed by atoms with Crippen molar-refractivity contribution < 1.29 is 14.4 Å². The summed E-state index contributed by atoms with van der Waals surface area (Å²) in [7, 11) is 0. The fourth-order valence-electron chi connectivity index (χ4n) is 2.74. The van der Waals surface area contributed by atoms with Crippen LogP contribution < -0.4 is 20.1 Å². The lowest BCUT2D eigenvalue weighted by atomic mass is 10.2. The van der Waals surface area contributed by atoms with Gasteiger partial charge in [0.25, 0.3) is 0 Å². The number of nitrogens with one attached hydrogen (secondary N) is 2. The molecule has 0 unspecified atom stereocenters. The number of pyridine rings is 1. The fourth-order valence-corrected chi connectivity index (χ4v) is 2.74. The topological polar surface area (TPSA) is 124 Å². The van der Waals surface area contributed by atoms with E-state index in [0.717, 1.165) is 11.1 Å². The Balaban J connectivity index is 1.58. The number of ether oxygens (including phenoxy) is 2. The number of benzene rings is 1. The van der Waals surface area contributed by atoms with Crippen LogP contribution in [-0.2, 0) is 6.54 Å². The lowest BCUT2D eigenvalue weighted by Gasteiger charge is -2.11. The summed E-state index contributed by atoms with van der Waals surface area (Å²) >= 11 is 0. The number of hydrogen-bond acceptors (Lipinski definition) is 9. The van der Waals surface area contributed by atoms with Crippen LogP contribution in [0.5, 0.6) is 11.5 Å². The first kappa shape index (κ1) is 17.5. The quantitative estimate of drug-likeness (QED) is 0.490. The van der Waals surface area contributed by atoms with Crippen LogP contribution in [0.3, 0.4) is 0 Å².